The van der Waals surface area contributed by atoms with E-state index in [0.717, 1.165) is 16.8 Å². The number of likely N-dealkylation sites (tertiary alicyclic amines) is 1. The van der Waals surface area contributed by atoms with Gasteiger partial charge in [0.15, 0.2) is 0 Å². The Bertz CT molecular complexity index is 1270. The van der Waals surface area contributed by atoms with Gasteiger partial charge in [-0.2, -0.15) is 5.10 Å². The van der Waals surface area contributed by atoms with E-state index in [-0.39, 0.29) is 24.8 Å². The fraction of sp³-hybridized carbons (Fsp3) is 0.414. The number of carbonyl (C=O) groups is 3. The Morgan fingerprint density at radius 3 is 2.33 bits per heavy atom. The standard InChI is InChI=1S/C29H36N6O4/c1-28(2,30)26(37)31-23(17-22(33-39)16-20-10-6-4-7-11-20)25(36)35-15-14-24-29(19-35,27(38)34(3)32-24)18-21-12-8-5-9-13-21/h4-13,23,39H,14-19,30H2,1-3H3,(H,31,37)/t23-,29-/m1/s1. The predicted octanol–water partition coefficient (Wildman–Crippen LogP) is 1.96. The highest BCUT2D eigenvalue weighted by Gasteiger charge is 2.54. The van der Waals surface area contributed by atoms with Gasteiger partial charge in [0, 0.05) is 39.4 Å². The SMILES string of the molecule is CN1N=C2CCN(C(=O)[C@@H](CC(Cc3ccccc3)=NO)NC(=O)C(C)(C)N)C[C@@]2(Cc2ccccc2)C1=O. The summed E-state index contributed by atoms with van der Waals surface area (Å²) in [7, 11) is 1.63. The molecule has 4 rings (SSSR count). The Morgan fingerprint density at radius 2 is 1.74 bits per heavy atom. The van der Waals surface area contributed by atoms with Crippen molar-refractivity contribution < 1.29 is 19.6 Å². The van der Waals surface area contributed by atoms with E-state index in [0.29, 0.717) is 31.5 Å². The molecule has 0 unspecified atom stereocenters. The molecule has 2 aromatic rings. The molecular weight excluding hydrogens is 496 g/mol. The van der Waals surface area contributed by atoms with Crippen LogP contribution in [0.5, 0.6) is 0 Å². The molecule has 2 aliphatic rings. The molecule has 1 saturated heterocycles. The lowest BCUT2D eigenvalue weighted by Gasteiger charge is -2.41. The van der Waals surface area contributed by atoms with E-state index in [9.17, 15) is 19.6 Å². The Labute approximate surface area is 228 Å². The van der Waals surface area contributed by atoms with Gasteiger partial charge in [-0.1, -0.05) is 65.8 Å². The zero-order valence-corrected chi connectivity index (χ0v) is 22.6. The van der Waals surface area contributed by atoms with Gasteiger partial charge in [-0.05, 0) is 31.4 Å². The number of piperidine rings is 1. The highest BCUT2D eigenvalue weighted by atomic mass is 16.4. The molecule has 206 valence electrons. The van der Waals surface area contributed by atoms with Crippen LogP contribution in [-0.2, 0) is 27.2 Å². The van der Waals surface area contributed by atoms with Crippen LogP contribution < -0.4 is 11.1 Å². The van der Waals surface area contributed by atoms with Crippen LogP contribution in [0.25, 0.3) is 0 Å². The number of carbonyl (C=O) groups excluding carboxylic acids is 3. The van der Waals surface area contributed by atoms with Gasteiger partial charge in [0.2, 0.25) is 11.8 Å². The number of nitrogens with one attached hydrogen (secondary N) is 1. The van der Waals surface area contributed by atoms with Gasteiger partial charge in [0.1, 0.15) is 11.5 Å². The Kier molecular flexibility index (Phi) is 8.15. The average molecular weight is 533 g/mol. The average Bonchev–Trinajstić information content (AvgIpc) is 3.16. The monoisotopic (exact) mass is 532 g/mol. The molecular formula is C29H36N6O4. The molecule has 0 radical (unpaired) electrons. The third-order valence-electron chi connectivity index (χ3n) is 7.29. The third kappa shape index (κ3) is 6.17. The minimum absolute atomic E-state index is 0.0109. The number of fused-ring (bicyclic) bond motifs is 1. The minimum Gasteiger partial charge on any atom is -0.411 e. The van der Waals surface area contributed by atoms with Crippen LogP contribution in [0.15, 0.2) is 70.9 Å². The number of benzene rings is 2. The summed E-state index contributed by atoms with van der Waals surface area (Å²) < 4.78 is 0. The van der Waals surface area contributed by atoms with Crippen LogP contribution in [0.2, 0.25) is 0 Å². The lowest BCUT2D eigenvalue weighted by molar-refractivity contribution is -0.142. The summed E-state index contributed by atoms with van der Waals surface area (Å²) in [4.78, 5) is 42.0. The first-order valence-electron chi connectivity index (χ1n) is 13.1. The van der Waals surface area contributed by atoms with Crippen molar-refractivity contribution in [2.45, 2.75) is 51.1 Å². The van der Waals surface area contributed by atoms with Crippen molar-refractivity contribution in [1.82, 2.24) is 15.2 Å². The molecule has 2 aliphatic heterocycles. The fourth-order valence-electron chi connectivity index (χ4n) is 5.20. The van der Waals surface area contributed by atoms with E-state index in [1.807, 2.05) is 60.7 Å². The summed E-state index contributed by atoms with van der Waals surface area (Å²) in [5.74, 6) is -1.03. The molecule has 4 N–H and O–H groups in total. The lowest BCUT2D eigenvalue weighted by atomic mass is 9.73. The van der Waals surface area contributed by atoms with Crippen molar-refractivity contribution in [1.29, 1.82) is 0 Å². The number of amides is 3. The molecule has 1 fully saturated rings. The first-order chi connectivity index (χ1) is 18.5. The zero-order chi connectivity index (χ0) is 28.2. The highest BCUT2D eigenvalue weighted by molar-refractivity contribution is 6.13. The maximum absolute atomic E-state index is 14.0. The molecule has 0 spiro atoms. The summed E-state index contributed by atoms with van der Waals surface area (Å²) >= 11 is 0. The molecule has 0 aliphatic carbocycles. The second kappa shape index (κ2) is 11.4. The van der Waals surface area contributed by atoms with Crippen LogP contribution in [-0.4, -0.2) is 76.0 Å². The van der Waals surface area contributed by atoms with E-state index >= 15 is 0 Å². The number of nitrogens with two attached hydrogens (primary N) is 1. The first kappa shape index (κ1) is 28.0. The van der Waals surface area contributed by atoms with Crippen molar-refractivity contribution >= 4 is 29.1 Å². The maximum atomic E-state index is 14.0. The lowest BCUT2D eigenvalue weighted by Crippen LogP contribution is -2.61. The van der Waals surface area contributed by atoms with Gasteiger partial charge < -0.3 is 21.2 Å². The van der Waals surface area contributed by atoms with E-state index in [1.165, 1.54) is 5.01 Å². The summed E-state index contributed by atoms with van der Waals surface area (Å²) in [6.45, 7) is 3.59. The number of rotatable bonds is 9. The quantitative estimate of drug-likeness (QED) is 0.257. The minimum atomic E-state index is -1.23. The third-order valence-corrected chi connectivity index (χ3v) is 7.29. The molecule has 3 amide bonds. The van der Waals surface area contributed by atoms with E-state index in [4.69, 9.17) is 5.73 Å². The molecule has 2 aromatic carbocycles. The summed E-state index contributed by atoms with van der Waals surface area (Å²) in [6.07, 6.45) is 1.14. The number of nitrogens with zero attached hydrogens (tertiary/aromatic N) is 4. The molecule has 2 heterocycles. The summed E-state index contributed by atoms with van der Waals surface area (Å²) in [5, 5.41) is 21.9. The zero-order valence-electron chi connectivity index (χ0n) is 22.6. The van der Waals surface area contributed by atoms with Gasteiger partial charge in [0.05, 0.1) is 17.0 Å². The van der Waals surface area contributed by atoms with E-state index in [1.54, 1.807) is 25.8 Å². The van der Waals surface area contributed by atoms with Gasteiger partial charge in [0.25, 0.3) is 5.91 Å². The second-order valence-electron chi connectivity index (χ2n) is 10.9. The Balaban J connectivity index is 1.61. The number of hydrazone groups is 1. The van der Waals surface area contributed by atoms with E-state index < -0.39 is 22.9 Å². The highest BCUT2D eigenvalue weighted by Crippen LogP contribution is 2.38. The summed E-state index contributed by atoms with van der Waals surface area (Å²) in [6, 6.07) is 18.1. The van der Waals surface area contributed by atoms with Crippen molar-refractivity contribution in [3.63, 3.8) is 0 Å². The first-order valence-corrected chi connectivity index (χ1v) is 13.1. The topological polar surface area (TPSA) is 141 Å². The van der Waals surface area contributed by atoms with Crippen LogP contribution in [0.1, 0.15) is 37.8 Å². The fourth-order valence-corrected chi connectivity index (χ4v) is 5.20. The smallest absolute Gasteiger partial charge is 0.256 e. The normalized spacial score (nSPS) is 20.4. The van der Waals surface area contributed by atoms with E-state index in [2.05, 4.69) is 15.6 Å². The number of hydrogen-bond acceptors (Lipinski definition) is 7. The molecule has 39 heavy (non-hydrogen) atoms. The van der Waals surface area contributed by atoms with Crippen molar-refractivity contribution in [2.75, 3.05) is 20.1 Å². The molecule has 0 bridgehead atoms. The van der Waals surface area contributed by atoms with Crippen molar-refractivity contribution in [3.8, 4) is 0 Å². The summed E-state index contributed by atoms with van der Waals surface area (Å²) in [5.41, 5.74) is 6.78. The molecule has 10 nitrogen and oxygen atoms in total. The molecule has 2 atom stereocenters. The van der Waals surface area contributed by atoms with Crippen molar-refractivity contribution in [3.05, 3.63) is 71.8 Å². The van der Waals surface area contributed by atoms with Gasteiger partial charge in [-0.3, -0.25) is 14.4 Å². The molecule has 0 saturated carbocycles. The second-order valence-corrected chi connectivity index (χ2v) is 10.9. The maximum Gasteiger partial charge on any atom is 0.256 e. The van der Waals surface area contributed by atoms with Gasteiger partial charge >= 0.3 is 0 Å². The van der Waals surface area contributed by atoms with Crippen LogP contribution in [0, 0.1) is 5.41 Å². The Morgan fingerprint density at radius 1 is 1.13 bits per heavy atom. The number of oxime groups is 1. The molecule has 10 heteroatoms. The predicted molar refractivity (Wildman–Crippen MR) is 148 cm³/mol. The van der Waals surface area contributed by atoms with Crippen LogP contribution >= 0.6 is 0 Å². The van der Waals surface area contributed by atoms with Gasteiger partial charge in [-0.15, -0.1) is 0 Å². The van der Waals surface area contributed by atoms with Crippen molar-refractivity contribution in [2.24, 2.45) is 21.4 Å². The largest absolute Gasteiger partial charge is 0.411 e. The van der Waals surface area contributed by atoms with Crippen LogP contribution in [0.4, 0.5) is 0 Å². The molecule has 0 aromatic heterocycles. The van der Waals surface area contributed by atoms with Gasteiger partial charge in [-0.25, -0.2) is 5.01 Å². The van der Waals surface area contributed by atoms with Crippen LogP contribution in [0.3, 0.4) is 0 Å². The number of hydrogen-bond donors (Lipinski definition) is 3. The Hall–Kier alpha value is -4.05.